The number of hydrogen-bond acceptors (Lipinski definition) is 4. The average molecular weight is 300 g/mol. The molecule has 1 aromatic carbocycles. The number of anilines is 1. The van der Waals surface area contributed by atoms with Crippen LogP contribution in [0.1, 0.15) is 46.5 Å². The van der Waals surface area contributed by atoms with E-state index in [4.69, 9.17) is 0 Å². The zero-order valence-electron chi connectivity index (χ0n) is 11.8. The van der Waals surface area contributed by atoms with E-state index in [1.165, 1.54) is 30.0 Å². The molecule has 0 saturated carbocycles. The highest BCUT2D eigenvalue weighted by Gasteiger charge is 2.26. The van der Waals surface area contributed by atoms with Crippen LogP contribution >= 0.6 is 11.3 Å². The van der Waals surface area contributed by atoms with E-state index >= 15 is 0 Å². The minimum atomic E-state index is -0.125. The molecule has 1 atom stereocenters. The van der Waals surface area contributed by atoms with Gasteiger partial charge in [-0.25, -0.2) is 4.98 Å². The number of Topliss-reactive ketones (excluding diaryl/α,β-unsaturated/α-hetero) is 1. The van der Waals surface area contributed by atoms with E-state index in [0.29, 0.717) is 10.0 Å². The van der Waals surface area contributed by atoms with Gasteiger partial charge >= 0.3 is 0 Å². The summed E-state index contributed by atoms with van der Waals surface area (Å²) in [5.74, 6) is -0.192. The maximum atomic E-state index is 12.5. The molecule has 1 heterocycles. The number of rotatable bonds is 3. The number of ketones is 1. The van der Waals surface area contributed by atoms with Crippen molar-refractivity contribution in [2.75, 3.05) is 5.32 Å². The fraction of sp³-hybridized carbons (Fsp3) is 0.312. The minimum Gasteiger partial charge on any atom is -0.301 e. The van der Waals surface area contributed by atoms with Gasteiger partial charge in [0.1, 0.15) is 0 Å². The number of nitrogens with one attached hydrogen (secondary N) is 1. The van der Waals surface area contributed by atoms with Gasteiger partial charge in [-0.3, -0.25) is 9.59 Å². The van der Waals surface area contributed by atoms with E-state index in [2.05, 4.69) is 16.4 Å². The Morgan fingerprint density at radius 2 is 2.14 bits per heavy atom. The van der Waals surface area contributed by atoms with Crippen molar-refractivity contribution in [3.63, 3.8) is 0 Å². The van der Waals surface area contributed by atoms with Gasteiger partial charge in [0.25, 0.3) is 0 Å². The van der Waals surface area contributed by atoms with Gasteiger partial charge in [-0.15, -0.1) is 0 Å². The molecule has 1 N–H and O–H groups in total. The Bertz CT molecular complexity index is 693. The summed E-state index contributed by atoms with van der Waals surface area (Å²) >= 11 is 1.22. The second-order valence-corrected chi connectivity index (χ2v) is 6.25. The molecule has 1 aromatic heterocycles. The Kier molecular flexibility index (Phi) is 3.84. The average Bonchev–Trinajstić information content (AvgIpc) is 2.95. The summed E-state index contributed by atoms with van der Waals surface area (Å²) in [6.07, 6.45) is 4.42. The van der Waals surface area contributed by atoms with E-state index in [-0.39, 0.29) is 17.6 Å². The lowest BCUT2D eigenvalue weighted by Gasteiger charge is -2.24. The van der Waals surface area contributed by atoms with Gasteiger partial charge in [0.15, 0.2) is 10.9 Å². The fourth-order valence-corrected chi connectivity index (χ4v) is 3.43. The van der Waals surface area contributed by atoms with Crippen LogP contribution in [-0.4, -0.2) is 16.7 Å². The molecule has 0 spiro atoms. The first kappa shape index (κ1) is 13.9. The number of carbonyl (C=O) groups excluding carboxylic acids is 2. The Hall–Kier alpha value is -2.01. The van der Waals surface area contributed by atoms with Gasteiger partial charge in [0.05, 0.1) is 17.0 Å². The van der Waals surface area contributed by atoms with Gasteiger partial charge < -0.3 is 5.32 Å². The third kappa shape index (κ3) is 2.88. The first-order chi connectivity index (χ1) is 10.1. The van der Waals surface area contributed by atoms with Crippen LogP contribution in [0.3, 0.4) is 0 Å². The molecule has 0 saturated heterocycles. The molecular weight excluding hydrogens is 284 g/mol. The van der Waals surface area contributed by atoms with E-state index in [9.17, 15) is 9.59 Å². The Labute approximate surface area is 127 Å². The molecule has 0 radical (unpaired) electrons. The second kappa shape index (κ2) is 5.77. The Morgan fingerprint density at radius 3 is 2.90 bits per heavy atom. The topological polar surface area (TPSA) is 59.1 Å². The number of carbonyl (C=O) groups is 2. The summed E-state index contributed by atoms with van der Waals surface area (Å²) < 4.78 is 0. The number of fused-ring (bicyclic) bond motifs is 1. The summed E-state index contributed by atoms with van der Waals surface area (Å²) in [7, 11) is 0. The van der Waals surface area contributed by atoms with Crippen molar-refractivity contribution in [2.24, 2.45) is 0 Å². The SMILES string of the molecule is CC(=O)c1cnc(NC(=O)C2CCCc3ccccc32)s1. The highest BCUT2D eigenvalue weighted by atomic mass is 32.1. The van der Waals surface area contributed by atoms with E-state index in [1.807, 2.05) is 18.2 Å². The molecule has 2 aromatic rings. The molecule has 5 heteroatoms. The summed E-state index contributed by atoms with van der Waals surface area (Å²) in [6.45, 7) is 1.50. The number of amides is 1. The lowest BCUT2D eigenvalue weighted by atomic mass is 9.82. The van der Waals surface area contributed by atoms with Crippen molar-refractivity contribution in [2.45, 2.75) is 32.1 Å². The number of benzene rings is 1. The number of thiazole rings is 1. The summed E-state index contributed by atoms with van der Waals surface area (Å²) in [5.41, 5.74) is 2.37. The van der Waals surface area contributed by atoms with Crippen LogP contribution < -0.4 is 5.32 Å². The zero-order chi connectivity index (χ0) is 14.8. The van der Waals surface area contributed by atoms with Crippen LogP contribution in [0, 0.1) is 0 Å². The molecule has 21 heavy (non-hydrogen) atoms. The molecule has 0 aliphatic heterocycles. The van der Waals surface area contributed by atoms with E-state index in [0.717, 1.165) is 24.8 Å². The fourth-order valence-electron chi connectivity index (χ4n) is 2.71. The van der Waals surface area contributed by atoms with Gasteiger partial charge in [0.2, 0.25) is 5.91 Å². The molecule has 108 valence electrons. The molecule has 1 aliphatic rings. The standard InChI is InChI=1S/C16H16N2O2S/c1-10(19)14-9-17-16(21-14)18-15(20)13-8-4-6-11-5-2-3-7-12(11)13/h2-3,5,7,9,13H,4,6,8H2,1H3,(H,17,18,20). The Morgan fingerprint density at radius 1 is 1.33 bits per heavy atom. The molecule has 3 rings (SSSR count). The van der Waals surface area contributed by atoms with Gasteiger partial charge in [-0.1, -0.05) is 35.6 Å². The number of aromatic nitrogens is 1. The second-order valence-electron chi connectivity index (χ2n) is 5.22. The predicted molar refractivity (Wildman–Crippen MR) is 82.9 cm³/mol. The number of hydrogen-bond donors (Lipinski definition) is 1. The number of aryl methyl sites for hydroxylation is 1. The Balaban J connectivity index is 1.78. The molecule has 1 unspecified atom stereocenters. The van der Waals surface area contributed by atoms with Crippen molar-refractivity contribution in [3.05, 3.63) is 46.5 Å². The lowest BCUT2D eigenvalue weighted by Crippen LogP contribution is -2.24. The normalized spacial score (nSPS) is 17.1. The van der Waals surface area contributed by atoms with Gasteiger partial charge in [-0.05, 0) is 30.4 Å². The van der Waals surface area contributed by atoms with Crippen molar-refractivity contribution >= 4 is 28.2 Å². The monoisotopic (exact) mass is 300 g/mol. The van der Waals surface area contributed by atoms with Crippen LogP contribution in [0.2, 0.25) is 0 Å². The van der Waals surface area contributed by atoms with E-state index in [1.54, 1.807) is 0 Å². The van der Waals surface area contributed by atoms with Crippen molar-refractivity contribution in [1.29, 1.82) is 0 Å². The number of nitrogens with zero attached hydrogens (tertiary/aromatic N) is 1. The smallest absolute Gasteiger partial charge is 0.233 e. The molecule has 1 amide bonds. The molecule has 1 aliphatic carbocycles. The largest absolute Gasteiger partial charge is 0.301 e. The first-order valence-corrected chi connectivity index (χ1v) is 7.82. The quantitative estimate of drug-likeness (QED) is 0.884. The summed E-state index contributed by atoms with van der Waals surface area (Å²) in [4.78, 5) is 28.4. The molecular formula is C16H16N2O2S. The maximum absolute atomic E-state index is 12.5. The van der Waals surface area contributed by atoms with Crippen LogP contribution in [0.4, 0.5) is 5.13 Å². The highest BCUT2D eigenvalue weighted by Crippen LogP contribution is 2.32. The third-order valence-electron chi connectivity index (χ3n) is 3.77. The van der Waals surface area contributed by atoms with Crippen LogP contribution in [-0.2, 0) is 11.2 Å². The third-order valence-corrected chi connectivity index (χ3v) is 4.78. The zero-order valence-corrected chi connectivity index (χ0v) is 12.6. The molecule has 0 fully saturated rings. The van der Waals surface area contributed by atoms with Crippen LogP contribution in [0.25, 0.3) is 0 Å². The van der Waals surface area contributed by atoms with Crippen molar-refractivity contribution in [3.8, 4) is 0 Å². The van der Waals surface area contributed by atoms with Crippen molar-refractivity contribution in [1.82, 2.24) is 4.98 Å². The summed E-state index contributed by atoms with van der Waals surface area (Å²) in [6, 6.07) is 8.11. The van der Waals surface area contributed by atoms with Gasteiger partial charge in [-0.2, -0.15) is 0 Å². The minimum absolute atomic E-state index is 0.0315. The molecule has 4 nitrogen and oxygen atoms in total. The van der Waals surface area contributed by atoms with Crippen molar-refractivity contribution < 1.29 is 9.59 Å². The van der Waals surface area contributed by atoms with Crippen LogP contribution in [0.5, 0.6) is 0 Å². The molecule has 0 bridgehead atoms. The predicted octanol–water partition coefficient (Wildman–Crippen LogP) is 3.40. The van der Waals surface area contributed by atoms with E-state index < -0.39 is 0 Å². The lowest BCUT2D eigenvalue weighted by molar-refractivity contribution is -0.117. The van der Waals surface area contributed by atoms with Gasteiger partial charge in [0, 0.05) is 6.92 Å². The maximum Gasteiger partial charge on any atom is 0.233 e. The highest BCUT2D eigenvalue weighted by molar-refractivity contribution is 7.17. The van der Waals surface area contributed by atoms with Crippen LogP contribution in [0.15, 0.2) is 30.5 Å². The first-order valence-electron chi connectivity index (χ1n) is 7.00. The summed E-state index contributed by atoms with van der Waals surface area (Å²) in [5, 5.41) is 3.34.